The molecule has 1 aliphatic carbocycles. The van der Waals surface area contributed by atoms with E-state index in [0.29, 0.717) is 35.6 Å². The number of nitrogens with one attached hydrogen (secondary N) is 1. The predicted octanol–water partition coefficient (Wildman–Crippen LogP) is 3.42. The summed E-state index contributed by atoms with van der Waals surface area (Å²) in [6, 6.07) is 11.6. The van der Waals surface area contributed by atoms with Gasteiger partial charge in [0.2, 0.25) is 11.7 Å². The highest BCUT2D eigenvalue weighted by molar-refractivity contribution is 5.90. The third-order valence-corrected chi connectivity index (χ3v) is 4.35. The fraction of sp³-hybridized carbons (Fsp3) is 0.222. The largest absolute Gasteiger partial charge is 0.461 e. The molecule has 0 atom stereocenters. The van der Waals surface area contributed by atoms with E-state index < -0.39 is 5.41 Å². The summed E-state index contributed by atoms with van der Waals surface area (Å²) in [5.74, 6) is 0.564. The molecule has 0 radical (unpaired) electrons. The van der Waals surface area contributed by atoms with Crippen LogP contribution in [-0.2, 0) is 16.8 Å². The molecule has 2 aromatic heterocycles. The van der Waals surface area contributed by atoms with E-state index in [0.717, 1.165) is 0 Å². The molecule has 24 heavy (non-hydrogen) atoms. The first-order valence-electron chi connectivity index (χ1n) is 7.72. The number of nitrogens with zero attached hydrogens (tertiary/aromatic N) is 1. The lowest BCUT2D eigenvalue weighted by atomic mass is 10.0. The minimum Gasteiger partial charge on any atom is -0.461 e. The van der Waals surface area contributed by atoms with Crippen molar-refractivity contribution in [2.75, 3.05) is 0 Å². The molecule has 6 heteroatoms. The van der Waals surface area contributed by atoms with Crippen LogP contribution >= 0.6 is 0 Å². The van der Waals surface area contributed by atoms with E-state index in [4.69, 9.17) is 8.94 Å². The summed E-state index contributed by atoms with van der Waals surface area (Å²) < 4.78 is 24.2. The molecule has 4 rings (SSSR count). The highest BCUT2D eigenvalue weighted by atomic mass is 19.1. The second kappa shape index (κ2) is 5.63. The number of carbonyl (C=O) groups is 1. The molecule has 1 N–H and O–H groups in total. The highest BCUT2D eigenvalue weighted by Gasteiger charge is 2.53. The molecule has 0 bridgehead atoms. The Bertz CT molecular complexity index is 866. The molecule has 1 amide bonds. The fourth-order valence-corrected chi connectivity index (χ4v) is 2.75. The number of carbonyl (C=O) groups excluding carboxylic acids is 1. The molecule has 0 aliphatic heterocycles. The summed E-state index contributed by atoms with van der Waals surface area (Å²) in [5, 5.41) is 6.83. The number of hydrogen-bond donors (Lipinski definition) is 1. The van der Waals surface area contributed by atoms with E-state index in [-0.39, 0.29) is 18.3 Å². The van der Waals surface area contributed by atoms with Gasteiger partial charge in [-0.15, -0.1) is 0 Å². The number of benzene rings is 1. The van der Waals surface area contributed by atoms with Crippen molar-refractivity contribution >= 4 is 5.91 Å². The third kappa shape index (κ3) is 2.50. The quantitative estimate of drug-likeness (QED) is 0.780. The second-order valence-corrected chi connectivity index (χ2v) is 5.91. The van der Waals surface area contributed by atoms with Crippen molar-refractivity contribution < 1.29 is 18.1 Å². The van der Waals surface area contributed by atoms with E-state index in [1.807, 2.05) is 0 Å². The monoisotopic (exact) mass is 326 g/mol. The summed E-state index contributed by atoms with van der Waals surface area (Å²) in [4.78, 5) is 12.6. The molecule has 1 fully saturated rings. The zero-order chi connectivity index (χ0) is 16.6. The molecular formula is C18H15FN2O3. The molecule has 3 aromatic rings. The number of furan rings is 1. The van der Waals surface area contributed by atoms with Crippen molar-refractivity contribution in [1.29, 1.82) is 0 Å². The van der Waals surface area contributed by atoms with Crippen molar-refractivity contribution in [1.82, 2.24) is 10.5 Å². The van der Waals surface area contributed by atoms with Gasteiger partial charge in [0, 0.05) is 18.2 Å². The number of amides is 1. The summed E-state index contributed by atoms with van der Waals surface area (Å²) in [5.41, 5.74) is 0.359. The van der Waals surface area contributed by atoms with Crippen LogP contribution in [0.3, 0.4) is 0 Å². The lowest BCUT2D eigenvalue weighted by Gasteiger charge is -2.12. The smallest absolute Gasteiger partial charge is 0.232 e. The Kier molecular flexibility index (Phi) is 3.45. The van der Waals surface area contributed by atoms with Crippen molar-refractivity contribution in [3.05, 3.63) is 65.8 Å². The number of aromatic nitrogens is 1. The van der Waals surface area contributed by atoms with Gasteiger partial charge in [-0.3, -0.25) is 4.79 Å². The van der Waals surface area contributed by atoms with Crippen molar-refractivity contribution in [2.45, 2.75) is 24.8 Å². The first-order valence-corrected chi connectivity index (χ1v) is 7.72. The van der Waals surface area contributed by atoms with E-state index in [1.54, 1.807) is 42.7 Å². The molecular weight excluding hydrogens is 311 g/mol. The molecule has 0 saturated heterocycles. The second-order valence-electron chi connectivity index (χ2n) is 5.91. The van der Waals surface area contributed by atoms with Crippen LogP contribution in [0.2, 0.25) is 0 Å². The molecule has 5 nitrogen and oxygen atoms in total. The van der Waals surface area contributed by atoms with E-state index in [2.05, 4.69) is 10.5 Å². The van der Waals surface area contributed by atoms with Crippen LogP contribution in [0.25, 0.3) is 11.5 Å². The van der Waals surface area contributed by atoms with Gasteiger partial charge < -0.3 is 14.3 Å². The fourth-order valence-electron chi connectivity index (χ4n) is 2.75. The molecule has 1 aromatic carbocycles. The standard InChI is InChI=1S/C18H15FN2O3/c19-13-5-2-1-4-12(13)11-20-17(22)18(7-8-18)16-10-15(24-21-16)14-6-3-9-23-14/h1-6,9-10H,7-8,11H2,(H,20,22). The van der Waals surface area contributed by atoms with Crippen LogP contribution in [0.4, 0.5) is 4.39 Å². The first-order chi connectivity index (χ1) is 11.7. The Morgan fingerprint density at radius 2 is 2.04 bits per heavy atom. The van der Waals surface area contributed by atoms with E-state index >= 15 is 0 Å². The van der Waals surface area contributed by atoms with Crippen LogP contribution < -0.4 is 5.32 Å². The van der Waals surface area contributed by atoms with Gasteiger partial charge in [-0.25, -0.2) is 4.39 Å². The lowest BCUT2D eigenvalue weighted by Crippen LogP contribution is -2.34. The Hall–Kier alpha value is -2.89. The summed E-state index contributed by atoms with van der Waals surface area (Å²) >= 11 is 0. The minimum absolute atomic E-state index is 0.149. The van der Waals surface area contributed by atoms with Gasteiger partial charge in [-0.05, 0) is 31.0 Å². The van der Waals surface area contributed by atoms with Gasteiger partial charge >= 0.3 is 0 Å². The lowest BCUT2D eigenvalue weighted by molar-refractivity contribution is -0.123. The molecule has 2 heterocycles. The van der Waals surface area contributed by atoms with E-state index in [9.17, 15) is 9.18 Å². The zero-order valence-corrected chi connectivity index (χ0v) is 12.8. The maximum absolute atomic E-state index is 13.6. The average Bonchev–Trinajstić information content (AvgIpc) is 3.02. The highest BCUT2D eigenvalue weighted by Crippen LogP contribution is 2.48. The Morgan fingerprint density at radius 3 is 2.75 bits per heavy atom. The van der Waals surface area contributed by atoms with Gasteiger partial charge in [0.15, 0.2) is 5.76 Å². The predicted molar refractivity (Wildman–Crippen MR) is 83.4 cm³/mol. The molecule has 0 spiro atoms. The SMILES string of the molecule is O=C(NCc1ccccc1F)C1(c2cc(-c3ccco3)on2)CC1. The molecule has 1 saturated carbocycles. The Labute approximate surface area is 137 Å². The third-order valence-electron chi connectivity index (χ3n) is 4.35. The number of hydrogen-bond acceptors (Lipinski definition) is 4. The average molecular weight is 326 g/mol. The van der Waals surface area contributed by atoms with Crippen LogP contribution in [0.1, 0.15) is 24.1 Å². The number of halogens is 1. The van der Waals surface area contributed by atoms with Gasteiger partial charge in [-0.1, -0.05) is 23.4 Å². The van der Waals surface area contributed by atoms with E-state index in [1.165, 1.54) is 6.07 Å². The topological polar surface area (TPSA) is 68.3 Å². The summed E-state index contributed by atoms with van der Waals surface area (Å²) in [6.45, 7) is 0.149. The number of rotatable bonds is 5. The van der Waals surface area contributed by atoms with Gasteiger partial charge in [0.1, 0.15) is 5.82 Å². The van der Waals surface area contributed by atoms with Crippen LogP contribution in [0.15, 0.2) is 57.7 Å². The Morgan fingerprint density at radius 1 is 1.21 bits per heavy atom. The maximum atomic E-state index is 13.6. The molecule has 0 unspecified atom stereocenters. The van der Waals surface area contributed by atoms with Crippen molar-refractivity contribution in [2.24, 2.45) is 0 Å². The minimum atomic E-state index is -0.681. The Balaban J connectivity index is 1.49. The van der Waals surface area contributed by atoms with Gasteiger partial charge in [0.05, 0.1) is 17.4 Å². The summed E-state index contributed by atoms with van der Waals surface area (Å²) in [6.07, 6.45) is 2.94. The molecule has 1 aliphatic rings. The van der Waals surface area contributed by atoms with Crippen molar-refractivity contribution in [3.8, 4) is 11.5 Å². The maximum Gasteiger partial charge on any atom is 0.232 e. The van der Waals surface area contributed by atoms with Crippen LogP contribution in [0.5, 0.6) is 0 Å². The molecule has 122 valence electrons. The van der Waals surface area contributed by atoms with Crippen molar-refractivity contribution in [3.63, 3.8) is 0 Å². The first kappa shape index (κ1) is 14.7. The van der Waals surface area contributed by atoms with Crippen LogP contribution in [0, 0.1) is 5.82 Å². The van der Waals surface area contributed by atoms with Gasteiger partial charge in [0.25, 0.3) is 0 Å². The normalized spacial score (nSPS) is 15.2. The zero-order valence-electron chi connectivity index (χ0n) is 12.8. The summed E-state index contributed by atoms with van der Waals surface area (Å²) in [7, 11) is 0. The van der Waals surface area contributed by atoms with Gasteiger partial charge in [-0.2, -0.15) is 0 Å². The van der Waals surface area contributed by atoms with Crippen LogP contribution in [-0.4, -0.2) is 11.1 Å².